The van der Waals surface area contributed by atoms with Crippen molar-refractivity contribution in [1.82, 2.24) is 15.1 Å². The van der Waals surface area contributed by atoms with E-state index in [1.165, 1.54) is 28.0 Å². The zero-order valence-corrected chi connectivity index (χ0v) is 18.1. The van der Waals surface area contributed by atoms with Crippen LogP contribution in [0.4, 0.5) is 5.00 Å². The fourth-order valence-electron chi connectivity index (χ4n) is 2.08. The van der Waals surface area contributed by atoms with Crippen LogP contribution in [0.2, 0.25) is 0 Å². The molecule has 2 rings (SSSR count). The van der Waals surface area contributed by atoms with Gasteiger partial charge in [-0.05, 0) is 26.3 Å². The number of carbonyl (C=O) groups excluding carboxylic acids is 3. The Balaban J connectivity index is 2.22. The first-order valence-corrected chi connectivity index (χ1v) is 10.6. The fourth-order valence-corrected chi connectivity index (χ4v) is 4.93. The number of hydrogen-bond acceptors (Lipinski definition) is 9. The van der Waals surface area contributed by atoms with E-state index in [4.69, 9.17) is 4.74 Å². The van der Waals surface area contributed by atoms with Gasteiger partial charge in [0, 0.05) is 14.1 Å². The molecule has 1 N–H and O–H groups in total. The van der Waals surface area contributed by atoms with Crippen molar-refractivity contribution in [3.05, 3.63) is 21.0 Å². The van der Waals surface area contributed by atoms with Gasteiger partial charge in [0.2, 0.25) is 5.91 Å². The van der Waals surface area contributed by atoms with Gasteiger partial charge in [0.05, 0.1) is 22.8 Å². The summed E-state index contributed by atoms with van der Waals surface area (Å²) in [5, 5.41) is 11.7. The lowest BCUT2D eigenvalue weighted by Gasteiger charge is -2.09. The molecule has 0 radical (unpaired) electrons. The van der Waals surface area contributed by atoms with Crippen LogP contribution in [-0.4, -0.2) is 59.3 Å². The third kappa shape index (κ3) is 5.27. The minimum Gasteiger partial charge on any atom is -0.462 e. The van der Waals surface area contributed by atoms with Crippen molar-refractivity contribution in [3.63, 3.8) is 0 Å². The van der Waals surface area contributed by atoms with Gasteiger partial charge < -0.3 is 15.0 Å². The van der Waals surface area contributed by atoms with E-state index in [9.17, 15) is 14.4 Å². The average molecular weight is 429 g/mol. The van der Waals surface area contributed by atoms with Crippen LogP contribution >= 0.6 is 34.4 Å². The Bertz CT molecular complexity index is 860. The zero-order valence-electron chi connectivity index (χ0n) is 15.6. The van der Waals surface area contributed by atoms with Gasteiger partial charge >= 0.3 is 5.97 Å². The molecule has 2 aromatic heterocycles. The molecule has 2 heterocycles. The van der Waals surface area contributed by atoms with E-state index in [2.05, 4.69) is 15.5 Å². The number of esters is 1. The van der Waals surface area contributed by atoms with Gasteiger partial charge in [-0.15, -0.1) is 21.5 Å². The quantitative estimate of drug-likeness (QED) is 0.534. The number of ether oxygens (including phenoxy) is 1. The predicted molar refractivity (Wildman–Crippen MR) is 107 cm³/mol. The number of nitrogens with zero attached hydrogens (tertiary/aromatic N) is 3. The first-order chi connectivity index (χ1) is 12.7. The van der Waals surface area contributed by atoms with Crippen molar-refractivity contribution >= 4 is 57.2 Å². The topological polar surface area (TPSA) is 101 Å². The average Bonchev–Trinajstić information content (AvgIpc) is 3.15. The lowest BCUT2D eigenvalue weighted by Crippen LogP contribution is -2.21. The van der Waals surface area contributed by atoms with Gasteiger partial charge in [-0.2, -0.15) is 0 Å². The molecular weight excluding hydrogens is 408 g/mol. The highest BCUT2D eigenvalue weighted by Crippen LogP contribution is 2.34. The minimum atomic E-state index is -0.563. The number of carbonyl (C=O) groups is 3. The third-order valence-corrected chi connectivity index (χ3v) is 6.48. The molecular formula is C16H20N4O4S3. The Morgan fingerprint density at radius 3 is 2.44 bits per heavy atom. The lowest BCUT2D eigenvalue weighted by molar-refractivity contribution is -0.113. The number of thioether (sulfide) groups is 1. The van der Waals surface area contributed by atoms with Gasteiger partial charge in [-0.25, -0.2) is 4.79 Å². The maximum Gasteiger partial charge on any atom is 0.341 e. The third-order valence-electron chi connectivity index (χ3n) is 3.31. The molecule has 8 nitrogen and oxygen atoms in total. The number of hydrogen-bond donors (Lipinski definition) is 1. The second kappa shape index (κ2) is 9.29. The van der Waals surface area contributed by atoms with Crippen molar-refractivity contribution < 1.29 is 19.1 Å². The molecule has 0 unspecified atom stereocenters. The molecule has 146 valence electrons. The standard InChI is InChI=1S/C16H20N4O4S3/c1-6-24-15(23)11-8(2)12(14(22)20(4)5)27-13(11)17-10(21)7-25-16-19-18-9(3)26-16/h6-7H2,1-5H3,(H,17,21). The summed E-state index contributed by atoms with van der Waals surface area (Å²) in [7, 11) is 3.26. The Hall–Kier alpha value is -1.98. The van der Waals surface area contributed by atoms with E-state index >= 15 is 0 Å². The highest BCUT2D eigenvalue weighted by Gasteiger charge is 2.27. The van der Waals surface area contributed by atoms with Crippen LogP contribution in [0.25, 0.3) is 0 Å². The number of rotatable bonds is 7. The molecule has 0 aliphatic rings. The first-order valence-electron chi connectivity index (χ1n) is 7.99. The van der Waals surface area contributed by atoms with E-state index < -0.39 is 5.97 Å². The Morgan fingerprint density at radius 2 is 1.89 bits per heavy atom. The zero-order chi connectivity index (χ0) is 20.1. The smallest absolute Gasteiger partial charge is 0.341 e. The van der Waals surface area contributed by atoms with Crippen molar-refractivity contribution in [3.8, 4) is 0 Å². The molecule has 0 bridgehead atoms. The molecule has 0 saturated carbocycles. The number of anilines is 1. The van der Waals surface area contributed by atoms with Crippen LogP contribution in [0.15, 0.2) is 4.34 Å². The maximum absolute atomic E-state index is 12.4. The number of aromatic nitrogens is 2. The summed E-state index contributed by atoms with van der Waals surface area (Å²) in [6.45, 7) is 5.41. The van der Waals surface area contributed by atoms with Gasteiger partial charge in [-0.3, -0.25) is 9.59 Å². The summed E-state index contributed by atoms with van der Waals surface area (Å²) >= 11 is 3.74. The molecule has 0 saturated heterocycles. The molecule has 2 amide bonds. The molecule has 0 spiro atoms. The second-order valence-electron chi connectivity index (χ2n) is 5.60. The Labute approximate surface area is 169 Å². The van der Waals surface area contributed by atoms with E-state index in [1.54, 1.807) is 27.9 Å². The first kappa shape index (κ1) is 21.3. The highest BCUT2D eigenvalue weighted by molar-refractivity contribution is 8.01. The van der Waals surface area contributed by atoms with Crippen LogP contribution in [0.3, 0.4) is 0 Å². The van der Waals surface area contributed by atoms with Crippen LogP contribution < -0.4 is 5.32 Å². The largest absolute Gasteiger partial charge is 0.462 e. The van der Waals surface area contributed by atoms with Crippen molar-refractivity contribution in [2.75, 3.05) is 31.8 Å². The Morgan fingerprint density at radius 1 is 1.19 bits per heavy atom. The summed E-state index contributed by atoms with van der Waals surface area (Å²) < 4.78 is 5.78. The number of aryl methyl sites for hydroxylation is 1. The van der Waals surface area contributed by atoms with Crippen LogP contribution in [0, 0.1) is 13.8 Å². The van der Waals surface area contributed by atoms with E-state index in [-0.39, 0.29) is 29.7 Å². The van der Waals surface area contributed by atoms with Crippen molar-refractivity contribution in [1.29, 1.82) is 0 Å². The van der Waals surface area contributed by atoms with Crippen molar-refractivity contribution in [2.45, 2.75) is 25.1 Å². The highest BCUT2D eigenvalue weighted by atomic mass is 32.2. The van der Waals surface area contributed by atoms with E-state index in [0.29, 0.717) is 19.8 Å². The SMILES string of the molecule is CCOC(=O)c1c(NC(=O)CSc2nnc(C)s2)sc(C(=O)N(C)C)c1C. The second-order valence-corrected chi connectivity index (χ2v) is 9.03. The summed E-state index contributed by atoms with van der Waals surface area (Å²) in [6.07, 6.45) is 0. The maximum atomic E-state index is 12.4. The number of amides is 2. The minimum absolute atomic E-state index is 0.116. The normalized spacial score (nSPS) is 10.6. The molecule has 11 heteroatoms. The van der Waals surface area contributed by atoms with E-state index in [0.717, 1.165) is 16.3 Å². The van der Waals surface area contributed by atoms with Gasteiger partial charge in [0.15, 0.2) is 4.34 Å². The van der Waals surface area contributed by atoms with Crippen LogP contribution in [0.5, 0.6) is 0 Å². The summed E-state index contributed by atoms with van der Waals surface area (Å²) in [5.41, 5.74) is 0.719. The van der Waals surface area contributed by atoms with Crippen molar-refractivity contribution in [2.24, 2.45) is 0 Å². The molecule has 0 aliphatic heterocycles. The summed E-state index contributed by atoms with van der Waals surface area (Å²) in [5.74, 6) is -0.984. The predicted octanol–water partition coefficient (Wildman–Crippen LogP) is 2.83. The fraction of sp³-hybridized carbons (Fsp3) is 0.438. The van der Waals surface area contributed by atoms with E-state index in [1.807, 2.05) is 6.92 Å². The molecule has 0 fully saturated rings. The summed E-state index contributed by atoms with van der Waals surface area (Å²) in [4.78, 5) is 38.9. The van der Waals surface area contributed by atoms with Gasteiger partial charge in [-0.1, -0.05) is 23.1 Å². The molecule has 27 heavy (non-hydrogen) atoms. The summed E-state index contributed by atoms with van der Waals surface area (Å²) in [6, 6.07) is 0. The Kier molecular flexibility index (Phi) is 7.33. The van der Waals surface area contributed by atoms with Crippen LogP contribution in [-0.2, 0) is 9.53 Å². The number of thiophene rings is 1. The monoisotopic (exact) mass is 428 g/mol. The molecule has 0 aliphatic carbocycles. The van der Waals surface area contributed by atoms with Gasteiger partial charge in [0.25, 0.3) is 5.91 Å². The van der Waals surface area contributed by atoms with Crippen LogP contribution in [0.1, 0.15) is 37.5 Å². The molecule has 2 aromatic rings. The van der Waals surface area contributed by atoms with Gasteiger partial charge in [0.1, 0.15) is 10.0 Å². The molecule has 0 aromatic carbocycles. The number of nitrogens with one attached hydrogen (secondary N) is 1. The lowest BCUT2D eigenvalue weighted by atomic mass is 10.1. The molecule has 0 atom stereocenters.